The third kappa shape index (κ3) is 4.17. The Balaban J connectivity index is 1.61. The molecule has 0 spiro atoms. The van der Waals surface area contributed by atoms with E-state index in [1.807, 2.05) is 19.1 Å². The van der Waals surface area contributed by atoms with Gasteiger partial charge in [0.05, 0.1) is 0 Å². The fourth-order valence-electron chi connectivity index (χ4n) is 2.88. The number of benzene rings is 2. The van der Waals surface area contributed by atoms with Crippen LogP contribution in [0.1, 0.15) is 25.3 Å². The van der Waals surface area contributed by atoms with Gasteiger partial charge in [0.2, 0.25) is 5.91 Å². The summed E-state index contributed by atoms with van der Waals surface area (Å²) in [4.78, 5) is 25.9. The maximum atomic E-state index is 12.4. The largest absolute Gasteiger partial charge is 0.481 e. The van der Waals surface area contributed by atoms with Crippen molar-refractivity contribution in [3.05, 3.63) is 53.1 Å². The number of hydrogen-bond donors (Lipinski definition) is 1. The molecule has 1 aliphatic heterocycles. The summed E-state index contributed by atoms with van der Waals surface area (Å²) >= 11 is 5.93. The van der Waals surface area contributed by atoms with Gasteiger partial charge in [-0.15, -0.1) is 0 Å². The smallest absolute Gasteiger partial charge is 0.265 e. The highest BCUT2D eigenvalue weighted by molar-refractivity contribution is 6.30. The van der Waals surface area contributed by atoms with Crippen LogP contribution in [0.5, 0.6) is 5.75 Å². The molecule has 1 saturated heterocycles. The van der Waals surface area contributed by atoms with Crippen LogP contribution in [0, 0.1) is 6.92 Å². The first kappa shape index (κ1) is 18.3. The molecular formula is C20H21ClN2O3. The van der Waals surface area contributed by atoms with Crippen LogP contribution < -0.4 is 15.0 Å². The number of nitrogens with one attached hydrogen (secondary N) is 1. The molecule has 1 heterocycles. The highest BCUT2D eigenvalue weighted by Crippen LogP contribution is 2.24. The molecule has 0 bridgehead atoms. The van der Waals surface area contributed by atoms with Gasteiger partial charge < -0.3 is 15.0 Å². The SMILES string of the molecule is Cc1cc(Cl)ccc1OC(C)C(=O)Nc1ccc(N2CCCC2=O)cc1. The first-order chi connectivity index (χ1) is 12.4. The van der Waals surface area contributed by atoms with Crippen molar-refractivity contribution in [2.45, 2.75) is 32.8 Å². The second kappa shape index (κ2) is 7.79. The maximum Gasteiger partial charge on any atom is 0.265 e. The fourth-order valence-corrected chi connectivity index (χ4v) is 3.11. The third-order valence-corrected chi connectivity index (χ3v) is 4.56. The minimum atomic E-state index is -0.658. The van der Waals surface area contributed by atoms with Crippen molar-refractivity contribution >= 4 is 34.8 Å². The maximum absolute atomic E-state index is 12.4. The highest BCUT2D eigenvalue weighted by atomic mass is 35.5. The molecule has 6 heteroatoms. The topological polar surface area (TPSA) is 58.6 Å². The lowest BCUT2D eigenvalue weighted by Crippen LogP contribution is -2.30. The molecule has 5 nitrogen and oxygen atoms in total. The normalized spacial score (nSPS) is 15.0. The molecular weight excluding hydrogens is 352 g/mol. The molecule has 1 aliphatic rings. The van der Waals surface area contributed by atoms with E-state index < -0.39 is 6.10 Å². The average Bonchev–Trinajstić information content (AvgIpc) is 3.04. The van der Waals surface area contributed by atoms with Crippen molar-refractivity contribution in [2.75, 3.05) is 16.8 Å². The number of carbonyl (C=O) groups is 2. The monoisotopic (exact) mass is 372 g/mol. The van der Waals surface area contributed by atoms with E-state index in [4.69, 9.17) is 16.3 Å². The van der Waals surface area contributed by atoms with Crippen LogP contribution in [0.25, 0.3) is 0 Å². The number of hydrogen-bond acceptors (Lipinski definition) is 3. The second-order valence-corrected chi connectivity index (χ2v) is 6.79. The number of nitrogens with zero attached hydrogens (tertiary/aromatic N) is 1. The van der Waals surface area contributed by atoms with Gasteiger partial charge in [0.1, 0.15) is 5.75 Å². The van der Waals surface area contributed by atoms with Crippen molar-refractivity contribution in [1.82, 2.24) is 0 Å². The number of carbonyl (C=O) groups excluding carboxylic acids is 2. The van der Waals surface area contributed by atoms with Gasteiger partial charge >= 0.3 is 0 Å². The Morgan fingerprint density at radius 2 is 1.96 bits per heavy atom. The standard InChI is InChI=1S/C20H21ClN2O3/c1-13-12-15(21)5-10-18(13)26-14(2)20(25)22-16-6-8-17(9-7-16)23-11-3-4-19(23)24/h5-10,12,14H,3-4,11H2,1-2H3,(H,22,25). The van der Waals surface area contributed by atoms with Crippen molar-refractivity contribution in [3.8, 4) is 5.75 Å². The van der Waals surface area contributed by atoms with Gasteiger partial charge in [0.15, 0.2) is 6.10 Å². The zero-order valence-electron chi connectivity index (χ0n) is 14.8. The number of amides is 2. The van der Waals surface area contributed by atoms with E-state index in [-0.39, 0.29) is 11.8 Å². The zero-order valence-corrected chi connectivity index (χ0v) is 15.5. The molecule has 2 amide bonds. The summed E-state index contributed by atoms with van der Waals surface area (Å²) in [6.45, 7) is 4.32. The van der Waals surface area contributed by atoms with E-state index in [2.05, 4.69) is 5.32 Å². The molecule has 1 atom stereocenters. The summed E-state index contributed by atoms with van der Waals surface area (Å²) in [5.41, 5.74) is 2.39. The number of ether oxygens (including phenoxy) is 1. The number of halogens is 1. The summed E-state index contributed by atoms with van der Waals surface area (Å²) in [6.07, 6.45) is 0.822. The van der Waals surface area contributed by atoms with Crippen molar-refractivity contribution in [2.24, 2.45) is 0 Å². The Kier molecular flexibility index (Phi) is 5.47. The van der Waals surface area contributed by atoms with E-state index in [1.54, 1.807) is 42.2 Å². The summed E-state index contributed by atoms with van der Waals surface area (Å²) in [6, 6.07) is 12.5. The van der Waals surface area contributed by atoms with E-state index in [0.29, 0.717) is 22.9 Å². The fraction of sp³-hybridized carbons (Fsp3) is 0.300. The van der Waals surface area contributed by atoms with Gasteiger partial charge in [-0.2, -0.15) is 0 Å². The average molecular weight is 373 g/mol. The molecule has 1 unspecified atom stereocenters. The van der Waals surface area contributed by atoms with Crippen LogP contribution in [0.4, 0.5) is 11.4 Å². The predicted molar refractivity (Wildman–Crippen MR) is 103 cm³/mol. The Bertz CT molecular complexity index is 820. The molecule has 3 rings (SSSR count). The van der Waals surface area contributed by atoms with Crippen LogP contribution in [-0.2, 0) is 9.59 Å². The lowest BCUT2D eigenvalue weighted by Gasteiger charge is -2.18. The number of aryl methyl sites for hydroxylation is 1. The number of anilines is 2. The zero-order chi connectivity index (χ0) is 18.7. The first-order valence-corrected chi connectivity index (χ1v) is 8.96. The Morgan fingerprint density at radius 1 is 1.23 bits per heavy atom. The molecule has 2 aromatic rings. The minimum Gasteiger partial charge on any atom is -0.481 e. The van der Waals surface area contributed by atoms with E-state index in [1.165, 1.54) is 0 Å². The van der Waals surface area contributed by atoms with Crippen molar-refractivity contribution in [1.29, 1.82) is 0 Å². The lowest BCUT2D eigenvalue weighted by atomic mass is 10.2. The second-order valence-electron chi connectivity index (χ2n) is 6.35. The van der Waals surface area contributed by atoms with Crippen molar-refractivity contribution in [3.63, 3.8) is 0 Å². The van der Waals surface area contributed by atoms with Crippen LogP contribution in [0.2, 0.25) is 5.02 Å². The van der Waals surface area contributed by atoms with Crippen LogP contribution >= 0.6 is 11.6 Å². The van der Waals surface area contributed by atoms with Gasteiger partial charge in [-0.3, -0.25) is 9.59 Å². The number of rotatable bonds is 5. The Labute approximate surface area is 157 Å². The molecule has 1 fully saturated rings. The molecule has 1 N–H and O–H groups in total. The Morgan fingerprint density at radius 3 is 2.58 bits per heavy atom. The van der Waals surface area contributed by atoms with Gasteiger partial charge in [-0.05, 0) is 68.3 Å². The van der Waals surface area contributed by atoms with Crippen molar-refractivity contribution < 1.29 is 14.3 Å². The molecule has 0 aliphatic carbocycles. The van der Waals surface area contributed by atoms with Gasteiger partial charge in [-0.1, -0.05) is 11.6 Å². The molecule has 136 valence electrons. The third-order valence-electron chi connectivity index (χ3n) is 4.33. The summed E-state index contributed by atoms with van der Waals surface area (Å²) < 4.78 is 5.73. The van der Waals surface area contributed by atoms with Crippen LogP contribution in [0.15, 0.2) is 42.5 Å². The van der Waals surface area contributed by atoms with Crippen LogP contribution in [0.3, 0.4) is 0 Å². The molecule has 0 aromatic heterocycles. The predicted octanol–water partition coefficient (Wildman–Crippen LogP) is 4.18. The molecule has 26 heavy (non-hydrogen) atoms. The van der Waals surface area contributed by atoms with Gasteiger partial charge in [0, 0.05) is 29.4 Å². The molecule has 2 aromatic carbocycles. The van der Waals surface area contributed by atoms with Crippen LogP contribution in [-0.4, -0.2) is 24.5 Å². The van der Waals surface area contributed by atoms with E-state index >= 15 is 0 Å². The molecule has 0 saturated carbocycles. The quantitative estimate of drug-likeness (QED) is 0.856. The molecule has 0 radical (unpaired) electrons. The van der Waals surface area contributed by atoms with E-state index in [0.717, 1.165) is 24.2 Å². The minimum absolute atomic E-state index is 0.141. The van der Waals surface area contributed by atoms with Gasteiger partial charge in [-0.25, -0.2) is 0 Å². The highest BCUT2D eigenvalue weighted by Gasteiger charge is 2.21. The Hall–Kier alpha value is -2.53. The van der Waals surface area contributed by atoms with Gasteiger partial charge in [0.25, 0.3) is 5.91 Å². The lowest BCUT2D eigenvalue weighted by molar-refractivity contribution is -0.122. The summed E-state index contributed by atoms with van der Waals surface area (Å²) in [5.74, 6) is 0.520. The summed E-state index contributed by atoms with van der Waals surface area (Å²) in [7, 11) is 0. The first-order valence-electron chi connectivity index (χ1n) is 8.58. The van der Waals surface area contributed by atoms with E-state index in [9.17, 15) is 9.59 Å². The summed E-state index contributed by atoms with van der Waals surface area (Å²) in [5, 5.41) is 3.46.